The van der Waals surface area contributed by atoms with Crippen molar-refractivity contribution in [3.63, 3.8) is 0 Å². The lowest BCUT2D eigenvalue weighted by atomic mass is 9.95. The Balaban J connectivity index is 1.16. The average Bonchev–Trinajstić information content (AvgIpc) is 3.35. The SMILES string of the molecule is [2H]C([2H])(Oc1ncc2cnc(-c3nc(N)c(N4CCOC[C@H]5[C@H](F)[C@H]54)c4ccccc34)cc2n1)[C@@]12CCCN1C[C@H](F)C2. The van der Waals surface area contributed by atoms with E-state index in [1.54, 1.807) is 12.3 Å². The molecule has 212 valence electrons. The summed E-state index contributed by atoms with van der Waals surface area (Å²) in [7, 11) is 0. The molecule has 2 N–H and O–H groups in total. The van der Waals surface area contributed by atoms with E-state index in [1.807, 2.05) is 34.1 Å². The lowest BCUT2D eigenvalue weighted by Gasteiger charge is -2.30. The Morgan fingerprint density at radius 3 is 2.90 bits per heavy atom. The minimum atomic E-state index is -2.19. The molecule has 0 bridgehead atoms. The molecule has 4 aromatic rings. The number of benzene rings is 1. The molecule has 4 aliphatic rings. The van der Waals surface area contributed by atoms with Gasteiger partial charge in [-0.1, -0.05) is 24.3 Å². The summed E-state index contributed by atoms with van der Waals surface area (Å²) in [5.41, 5.74) is 7.79. The summed E-state index contributed by atoms with van der Waals surface area (Å²) in [6.07, 6.45) is 2.47. The van der Waals surface area contributed by atoms with Crippen LogP contribution in [0.3, 0.4) is 0 Å². The lowest BCUT2D eigenvalue weighted by molar-refractivity contribution is 0.107. The smallest absolute Gasteiger partial charge is 0.316 e. The molecule has 1 aliphatic carbocycles. The van der Waals surface area contributed by atoms with Crippen molar-refractivity contribution in [1.29, 1.82) is 0 Å². The van der Waals surface area contributed by atoms with Crippen LogP contribution in [0.5, 0.6) is 6.01 Å². The summed E-state index contributed by atoms with van der Waals surface area (Å²) in [5.74, 6) is 0.103. The molecule has 5 atom stereocenters. The number of nitrogens with two attached hydrogens (primary N) is 1. The van der Waals surface area contributed by atoms with E-state index in [9.17, 15) is 8.78 Å². The molecular formula is C30H31F2N7O2. The lowest BCUT2D eigenvalue weighted by Crippen LogP contribution is -2.43. The Labute approximate surface area is 238 Å². The van der Waals surface area contributed by atoms with Gasteiger partial charge in [-0.15, -0.1) is 0 Å². The summed E-state index contributed by atoms with van der Waals surface area (Å²) in [6.45, 7) is 0.0621. The van der Waals surface area contributed by atoms with Crippen LogP contribution in [0.4, 0.5) is 20.3 Å². The summed E-state index contributed by atoms with van der Waals surface area (Å²) >= 11 is 0. The maximum absolute atomic E-state index is 14.7. The van der Waals surface area contributed by atoms with Gasteiger partial charge in [0.25, 0.3) is 0 Å². The molecule has 0 spiro atoms. The molecule has 0 radical (unpaired) electrons. The molecule has 9 nitrogen and oxygen atoms in total. The molecule has 3 saturated heterocycles. The summed E-state index contributed by atoms with van der Waals surface area (Å²) in [5, 5.41) is 2.28. The maximum Gasteiger partial charge on any atom is 0.316 e. The van der Waals surface area contributed by atoms with E-state index < -0.39 is 24.4 Å². The number of aromatic nitrogens is 4. The van der Waals surface area contributed by atoms with E-state index in [0.29, 0.717) is 60.7 Å². The van der Waals surface area contributed by atoms with E-state index in [4.69, 9.17) is 22.9 Å². The van der Waals surface area contributed by atoms with Crippen LogP contribution in [0.25, 0.3) is 33.1 Å². The number of anilines is 2. The van der Waals surface area contributed by atoms with Crippen molar-refractivity contribution < 1.29 is 21.0 Å². The van der Waals surface area contributed by atoms with Crippen molar-refractivity contribution in [2.45, 2.75) is 43.2 Å². The third kappa shape index (κ3) is 4.08. The molecule has 11 heteroatoms. The molecule has 6 heterocycles. The Bertz CT molecular complexity index is 1750. The van der Waals surface area contributed by atoms with Crippen molar-refractivity contribution in [2.24, 2.45) is 5.92 Å². The first-order valence-electron chi connectivity index (χ1n) is 15.1. The fourth-order valence-electron chi connectivity index (χ4n) is 6.95. The number of hydrogen-bond acceptors (Lipinski definition) is 9. The molecule has 1 saturated carbocycles. The zero-order valence-corrected chi connectivity index (χ0v) is 22.3. The van der Waals surface area contributed by atoms with Gasteiger partial charge in [0.1, 0.15) is 24.7 Å². The predicted octanol–water partition coefficient (Wildman–Crippen LogP) is 3.95. The van der Waals surface area contributed by atoms with Crippen LogP contribution >= 0.6 is 0 Å². The van der Waals surface area contributed by atoms with Crippen LogP contribution in [0.15, 0.2) is 42.7 Å². The third-order valence-electron chi connectivity index (χ3n) is 9.00. The first-order valence-corrected chi connectivity index (χ1v) is 14.1. The Hall–Kier alpha value is -3.70. The molecule has 0 unspecified atom stereocenters. The number of ether oxygens (including phenoxy) is 2. The molecule has 4 fully saturated rings. The number of nitrogen functional groups attached to an aromatic ring is 1. The summed E-state index contributed by atoms with van der Waals surface area (Å²) in [4.78, 5) is 22.0. The number of rotatable bonds is 5. The Kier molecular flexibility index (Phi) is 5.27. The van der Waals surface area contributed by atoms with Crippen LogP contribution in [-0.2, 0) is 4.74 Å². The Morgan fingerprint density at radius 2 is 2.00 bits per heavy atom. The zero-order valence-electron chi connectivity index (χ0n) is 24.3. The number of alkyl halides is 2. The number of hydrogen-bond donors (Lipinski definition) is 1. The summed E-state index contributed by atoms with van der Waals surface area (Å²) < 4.78 is 58.1. The van der Waals surface area contributed by atoms with Crippen molar-refractivity contribution >= 4 is 33.2 Å². The second-order valence-corrected chi connectivity index (χ2v) is 11.5. The molecule has 3 aliphatic heterocycles. The highest BCUT2D eigenvalue weighted by Gasteiger charge is 2.56. The van der Waals surface area contributed by atoms with Gasteiger partial charge in [-0.25, -0.2) is 18.7 Å². The van der Waals surface area contributed by atoms with Gasteiger partial charge in [0.2, 0.25) is 0 Å². The van der Waals surface area contributed by atoms with Crippen molar-refractivity contribution in [1.82, 2.24) is 24.8 Å². The predicted molar refractivity (Wildman–Crippen MR) is 151 cm³/mol. The first-order chi connectivity index (χ1) is 20.8. The van der Waals surface area contributed by atoms with Crippen LogP contribution in [0.1, 0.15) is 22.0 Å². The largest absolute Gasteiger partial charge is 0.461 e. The number of pyridine rings is 2. The topological polar surface area (TPSA) is 103 Å². The highest BCUT2D eigenvalue weighted by atomic mass is 19.1. The highest BCUT2D eigenvalue weighted by molar-refractivity contribution is 6.05. The average molecular weight is 562 g/mol. The Morgan fingerprint density at radius 1 is 1.15 bits per heavy atom. The standard InChI is InChI=1S/C30H31F2N7O2/c31-18-11-30(6-3-7-38(30)14-18)16-41-29-35-13-17-12-34-23(10-22(17)36-29)25-19-4-1-2-5-20(19)27(28(33)37-25)39-8-9-40-15-21-24(32)26(21)39/h1-2,4-5,10,12-13,18,21,24,26H,3,6-9,11,14-16H2,(H2,33,37)/t18-,21+,24+,26+,30+/m1/s1/i16D2. The number of halogens is 2. The van der Waals surface area contributed by atoms with Gasteiger partial charge < -0.3 is 20.1 Å². The molecule has 0 amide bonds. The van der Waals surface area contributed by atoms with Crippen LogP contribution < -0.4 is 15.4 Å². The first kappa shape index (κ1) is 22.9. The van der Waals surface area contributed by atoms with Crippen molar-refractivity contribution in [3.05, 3.63) is 42.7 Å². The van der Waals surface area contributed by atoms with Gasteiger partial charge in [0, 0.05) is 54.0 Å². The van der Waals surface area contributed by atoms with Crippen LogP contribution in [-0.4, -0.2) is 88.2 Å². The van der Waals surface area contributed by atoms with E-state index in [0.717, 1.165) is 17.2 Å². The quantitative estimate of drug-likeness (QED) is 0.388. The third-order valence-corrected chi connectivity index (χ3v) is 9.00. The molecule has 3 aromatic heterocycles. The van der Waals surface area contributed by atoms with Gasteiger partial charge in [0.15, 0.2) is 0 Å². The van der Waals surface area contributed by atoms with Gasteiger partial charge in [-0.2, -0.15) is 4.98 Å². The highest BCUT2D eigenvalue weighted by Crippen LogP contribution is 2.47. The normalized spacial score (nSPS) is 30.5. The van der Waals surface area contributed by atoms with Gasteiger partial charge >= 0.3 is 6.01 Å². The summed E-state index contributed by atoms with van der Waals surface area (Å²) in [6, 6.07) is 9.05. The maximum atomic E-state index is 14.7. The van der Waals surface area contributed by atoms with Gasteiger partial charge in [-0.3, -0.25) is 9.88 Å². The van der Waals surface area contributed by atoms with E-state index in [-0.39, 0.29) is 36.8 Å². The minimum absolute atomic E-state index is 0.0790. The molecular weight excluding hydrogens is 528 g/mol. The zero-order chi connectivity index (χ0) is 29.5. The van der Waals surface area contributed by atoms with Gasteiger partial charge in [0.05, 0.1) is 50.1 Å². The molecule has 8 rings (SSSR count). The van der Waals surface area contributed by atoms with E-state index in [2.05, 4.69) is 15.0 Å². The fourth-order valence-corrected chi connectivity index (χ4v) is 6.95. The second-order valence-electron chi connectivity index (χ2n) is 11.5. The fraction of sp³-hybridized carbons (Fsp3) is 0.467. The molecule has 41 heavy (non-hydrogen) atoms. The van der Waals surface area contributed by atoms with E-state index in [1.165, 1.54) is 6.20 Å². The molecule has 1 aromatic carbocycles. The second kappa shape index (κ2) is 9.42. The van der Waals surface area contributed by atoms with Crippen molar-refractivity contribution in [3.8, 4) is 17.4 Å². The minimum Gasteiger partial charge on any atom is -0.461 e. The number of fused-ring (bicyclic) bond motifs is 4. The van der Waals surface area contributed by atoms with Crippen LogP contribution in [0.2, 0.25) is 0 Å². The van der Waals surface area contributed by atoms with Crippen LogP contribution in [0, 0.1) is 5.92 Å². The monoisotopic (exact) mass is 561 g/mol. The van der Waals surface area contributed by atoms with E-state index >= 15 is 0 Å². The van der Waals surface area contributed by atoms with Gasteiger partial charge in [-0.05, 0) is 25.5 Å². The van der Waals surface area contributed by atoms with Crippen molar-refractivity contribution in [2.75, 3.05) is 50.0 Å². The number of nitrogens with zero attached hydrogens (tertiary/aromatic N) is 6.